The number of pyridine rings is 1. The highest BCUT2D eigenvalue weighted by Gasteiger charge is 2.09. The van der Waals surface area contributed by atoms with Gasteiger partial charge < -0.3 is 5.11 Å². The quantitative estimate of drug-likeness (QED) is 0.795. The maximum Gasteiger partial charge on any atom is 0.258 e. The molecule has 0 saturated carbocycles. The molecule has 6 nitrogen and oxygen atoms in total. The minimum absolute atomic E-state index is 0.000323. The average molecular weight is 316 g/mol. The number of aryl methyl sites for hydroxylation is 1. The fourth-order valence-corrected chi connectivity index (χ4v) is 3.13. The van der Waals surface area contributed by atoms with Gasteiger partial charge in [-0.1, -0.05) is 0 Å². The van der Waals surface area contributed by atoms with Crippen molar-refractivity contribution in [1.82, 2.24) is 19.3 Å². The average Bonchev–Trinajstić information content (AvgIpc) is 2.85. The zero-order valence-corrected chi connectivity index (χ0v) is 13.2. The first-order chi connectivity index (χ1) is 10.5. The summed E-state index contributed by atoms with van der Waals surface area (Å²) in [6.07, 6.45) is 1.59. The van der Waals surface area contributed by atoms with Crippen LogP contribution in [-0.2, 0) is 13.1 Å². The Morgan fingerprint density at radius 3 is 2.91 bits per heavy atom. The highest BCUT2D eigenvalue weighted by molar-refractivity contribution is 7.09. The summed E-state index contributed by atoms with van der Waals surface area (Å²) < 4.78 is 1.34. The fourth-order valence-electron chi connectivity index (χ4n) is 2.28. The molecule has 3 heterocycles. The van der Waals surface area contributed by atoms with Crippen LogP contribution in [0.25, 0.3) is 5.65 Å². The van der Waals surface area contributed by atoms with Crippen LogP contribution in [0.2, 0.25) is 0 Å². The lowest BCUT2D eigenvalue weighted by atomic mass is 10.3. The van der Waals surface area contributed by atoms with E-state index in [2.05, 4.69) is 9.97 Å². The van der Waals surface area contributed by atoms with Crippen LogP contribution < -0.4 is 5.56 Å². The van der Waals surface area contributed by atoms with Crippen molar-refractivity contribution in [3.63, 3.8) is 0 Å². The van der Waals surface area contributed by atoms with E-state index in [1.165, 1.54) is 16.5 Å². The minimum atomic E-state index is -0.200. The summed E-state index contributed by atoms with van der Waals surface area (Å²) in [4.78, 5) is 22.9. The van der Waals surface area contributed by atoms with Gasteiger partial charge in [-0.3, -0.25) is 14.1 Å². The number of fused-ring (bicyclic) bond motifs is 1. The van der Waals surface area contributed by atoms with Crippen molar-refractivity contribution < 1.29 is 5.11 Å². The van der Waals surface area contributed by atoms with E-state index in [0.717, 1.165) is 10.7 Å². The molecule has 3 aromatic heterocycles. The van der Waals surface area contributed by atoms with Crippen LogP contribution in [-0.4, -0.2) is 31.4 Å². The van der Waals surface area contributed by atoms with Gasteiger partial charge in [0.05, 0.1) is 12.2 Å². The van der Waals surface area contributed by atoms with Gasteiger partial charge in [0.2, 0.25) is 0 Å². The van der Waals surface area contributed by atoms with Crippen LogP contribution in [0, 0.1) is 6.92 Å². The smallest absolute Gasteiger partial charge is 0.258 e. The molecule has 0 saturated heterocycles. The molecule has 0 fully saturated rings. The lowest BCUT2D eigenvalue weighted by Gasteiger charge is -2.14. The van der Waals surface area contributed by atoms with Crippen LogP contribution in [0.5, 0.6) is 5.75 Å². The molecular weight excluding hydrogens is 300 g/mol. The number of thiazole rings is 1. The summed E-state index contributed by atoms with van der Waals surface area (Å²) in [5, 5.41) is 12.9. The molecule has 0 aliphatic carbocycles. The molecule has 0 atom stereocenters. The normalized spacial score (nSPS) is 11.4. The molecule has 0 aromatic carbocycles. The number of aromatic nitrogens is 3. The van der Waals surface area contributed by atoms with Gasteiger partial charge in [0.1, 0.15) is 5.01 Å². The van der Waals surface area contributed by atoms with Crippen molar-refractivity contribution in [3.05, 3.63) is 56.5 Å². The predicted molar refractivity (Wildman–Crippen MR) is 85.1 cm³/mol. The molecule has 3 aromatic rings. The van der Waals surface area contributed by atoms with Crippen LogP contribution in [0.3, 0.4) is 0 Å². The Morgan fingerprint density at radius 1 is 1.36 bits per heavy atom. The van der Waals surface area contributed by atoms with E-state index in [4.69, 9.17) is 0 Å². The van der Waals surface area contributed by atoms with E-state index in [1.807, 2.05) is 24.3 Å². The molecule has 0 unspecified atom stereocenters. The van der Waals surface area contributed by atoms with E-state index in [-0.39, 0.29) is 17.0 Å². The maximum absolute atomic E-state index is 12.1. The number of hydrogen-bond donors (Lipinski definition) is 1. The van der Waals surface area contributed by atoms with Gasteiger partial charge >= 0.3 is 0 Å². The summed E-state index contributed by atoms with van der Waals surface area (Å²) in [7, 11) is 1.95. The van der Waals surface area contributed by atoms with Gasteiger partial charge in [0.15, 0.2) is 11.4 Å². The second kappa shape index (κ2) is 5.86. The molecule has 1 N–H and O–H groups in total. The van der Waals surface area contributed by atoms with Crippen molar-refractivity contribution in [2.75, 3.05) is 7.05 Å². The Bertz CT molecular complexity index is 871. The first kappa shape index (κ1) is 14.7. The molecule has 0 radical (unpaired) electrons. The molecule has 0 amide bonds. The largest absolute Gasteiger partial charge is 0.504 e. The Morgan fingerprint density at radius 2 is 2.18 bits per heavy atom. The van der Waals surface area contributed by atoms with Gasteiger partial charge in [0.25, 0.3) is 5.56 Å². The van der Waals surface area contributed by atoms with Gasteiger partial charge in [0, 0.05) is 29.9 Å². The maximum atomic E-state index is 12.1. The molecular formula is C15H16N4O2S. The van der Waals surface area contributed by atoms with E-state index in [1.54, 1.807) is 23.6 Å². The minimum Gasteiger partial charge on any atom is -0.504 e. The van der Waals surface area contributed by atoms with Gasteiger partial charge in [-0.05, 0) is 26.1 Å². The lowest BCUT2D eigenvalue weighted by Crippen LogP contribution is -2.21. The second-order valence-corrected chi connectivity index (χ2v) is 6.17. The molecule has 0 spiro atoms. The van der Waals surface area contributed by atoms with E-state index in [9.17, 15) is 9.90 Å². The van der Waals surface area contributed by atoms with Crippen molar-refractivity contribution in [1.29, 1.82) is 0 Å². The molecule has 7 heteroatoms. The Kier molecular flexibility index (Phi) is 3.91. The first-order valence-electron chi connectivity index (χ1n) is 6.83. The Hall–Kier alpha value is -2.25. The van der Waals surface area contributed by atoms with Crippen LogP contribution >= 0.6 is 11.3 Å². The summed E-state index contributed by atoms with van der Waals surface area (Å²) >= 11 is 1.62. The van der Waals surface area contributed by atoms with Crippen molar-refractivity contribution in [2.24, 2.45) is 0 Å². The molecule has 0 aliphatic heterocycles. The Balaban J connectivity index is 1.84. The monoisotopic (exact) mass is 316 g/mol. The highest BCUT2D eigenvalue weighted by atomic mass is 32.1. The van der Waals surface area contributed by atoms with Gasteiger partial charge in [-0.25, -0.2) is 9.97 Å². The van der Waals surface area contributed by atoms with Crippen LogP contribution in [0.1, 0.15) is 16.4 Å². The molecule has 0 bridgehead atoms. The summed E-state index contributed by atoms with van der Waals surface area (Å²) in [6, 6.07) is 4.63. The SMILES string of the molecule is Cc1csc(CN(C)Cc2cc(=O)n3cccc(O)c3n2)n1. The highest BCUT2D eigenvalue weighted by Crippen LogP contribution is 2.15. The number of nitrogens with zero attached hydrogens (tertiary/aromatic N) is 4. The third-order valence-corrected chi connectivity index (χ3v) is 4.18. The standard InChI is InChI=1S/C15H16N4O2S/c1-10-9-22-13(16-10)8-18(2)7-11-6-14(21)19-5-3-4-12(20)15(19)17-11/h3-6,9,20H,7-8H2,1-2H3. The predicted octanol–water partition coefficient (Wildman–Crippen LogP) is 1.80. The first-order valence-corrected chi connectivity index (χ1v) is 7.71. The second-order valence-electron chi connectivity index (χ2n) is 5.23. The Labute approximate surface area is 131 Å². The fraction of sp³-hybridized carbons (Fsp3) is 0.267. The third kappa shape index (κ3) is 3.00. The molecule has 114 valence electrons. The van der Waals surface area contributed by atoms with Crippen molar-refractivity contribution in [2.45, 2.75) is 20.0 Å². The summed E-state index contributed by atoms with van der Waals surface area (Å²) in [5.74, 6) is -0.000323. The van der Waals surface area contributed by atoms with Crippen LogP contribution in [0.4, 0.5) is 0 Å². The number of hydrogen-bond acceptors (Lipinski definition) is 6. The number of aromatic hydroxyl groups is 1. The van der Waals surface area contributed by atoms with Gasteiger partial charge in [-0.15, -0.1) is 11.3 Å². The molecule has 22 heavy (non-hydrogen) atoms. The van der Waals surface area contributed by atoms with Crippen LogP contribution in [0.15, 0.2) is 34.6 Å². The number of rotatable bonds is 4. The van der Waals surface area contributed by atoms with Crippen molar-refractivity contribution in [3.8, 4) is 5.75 Å². The third-order valence-electron chi connectivity index (χ3n) is 3.23. The topological polar surface area (TPSA) is 70.7 Å². The lowest BCUT2D eigenvalue weighted by molar-refractivity contribution is 0.314. The molecule has 0 aliphatic rings. The summed E-state index contributed by atoms with van der Waals surface area (Å²) in [6.45, 7) is 3.17. The zero-order valence-electron chi connectivity index (χ0n) is 12.4. The van der Waals surface area contributed by atoms with Gasteiger partial charge in [-0.2, -0.15) is 0 Å². The molecule has 3 rings (SSSR count). The van der Waals surface area contributed by atoms with E-state index in [0.29, 0.717) is 18.8 Å². The van der Waals surface area contributed by atoms with Crippen molar-refractivity contribution >= 4 is 17.0 Å². The zero-order chi connectivity index (χ0) is 15.7. The van der Waals surface area contributed by atoms with E-state index < -0.39 is 0 Å². The summed E-state index contributed by atoms with van der Waals surface area (Å²) in [5.41, 5.74) is 1.72. The van der Waals surface area contributed by atoms with E-state index >= 15 is 0 Å².